The van der Waals surface area contributed by atoms with Crippen molar-refractivity contribution in [2.24, 2.45) is 5.41 Å². The summed E-state index contributed by atoms with van der Waals surface area (Å²) in [5.74, 6) is 6.26. The van der Waals surface area contributed by atoms with E-state index in [1.54, 1.807) is 0 Å². The third-order valence-corrected chi connectivity index (χ3v) is 4.91. The highest BCUT2D eigenvalue weighted by Gasteiger charge is 2.26. The number of hydrogen-bond donors (Lipinski definition) is 0. The van der Waals surface area contributed by atoms with Crippen molar-refractivity contribution < 1.29 is 9.22 Å². The molecule has 0 aliphatic rings. The molecule has 1 unspecified atom stereocenters. The minimum atomic E-state index is -1.39. The molecule has 0 fully saturated rings. The van der Waals surface area contributed by atoms with E-state index in [0.29, 0.717) is 12.1 Å². The molecule has 0 heterocycles. The minimum absolute atomic E-state index is 0.0123. The lowest BCUT2D eigenvalue weighted by Gasteiger charge is -2.28. The first-order valence-corrected chi connectivity index (χ1v) is 12.8. The molecule has 0 saturated heterocycles. The van der Waals surface area contributed by atoms with Crippen LogP contribution in [0.1, 0.15) is 57.5 Å². The molecule has 28 heavy (non-hydrogen) atoms. The number of Topliss-reactive ketones (excluding diaryl/α,β-unsaturated/α-hetero) is 1. The van der Waals surface area contributed by atoms with Crippen LogP contribution in [0.4, 0.5) is 0 Å². The predicted molar refractivity (Wildman–Crippen MR) is 122 cm³/mol. The van der Waals surface area contributed by atoms with Crippen LogP contribution in [-0.4, -0.2) is 39.5 Å². The number of allylic oxidation sites excluding steroid dienone is 1. The average Bonchev–Trinajstić information content (AvgIpc) is 2.56. The number of carbonyl (C=O) groups excluding carboxylic acids is 1. The third-order valence-electron chi connectivity index (χ3n) is 4.10. The fraction of sp³-hybridized carbons (Fsp3) is 0.542. The standard InChI is InChI=1S/C24H37NO2Si/c1-23(2,3)17-11-10-12-18-25(7)22(27-28(8)9)21(26)19-13-15-20(16-14-19)24(4,5)6/h10,12-16,22,28H,18H2,1-9H3. The van der Waals surface area contributed by atoms with Crippen molar-refractivity contribution in [3.63, 3.8) is 0 Å². The van der Waals surface area contributed by atoms with E-state index in [0.717, 1.165) is 0 Å². The summed E-state index contributed by atoms with van der Waals surface area (Å²) in [6.45, 7) is 17.5. The highest BCUT2D eigenvalue weighted by molar-refractivity contribution is 6.48. The van der Waals surface area contributed by atoms with Gasteiger partial charge in [-0.25, -0.2) is 0 Å². The zero-order chi connectivity index (χ0) is 21.5. The quantitative estimate of drug-likeness (QED) is 0.279. The maximum Gasteiger partial charge on any atom is 0.205 e. The Bertz CT molecular complexity index is 725. The molecule has 0 N–H and O–H groups in total. The summed E-state index contributed by atoms with van der Waals surface area (Å²) in [6.07, 6.45) is 3.27. The fourth-order valence-electron chi connectivity index (χ4n) is 2.53. The summed E-state index contributed by atoms with van der Waals surface area (Å²) >= 11 is 0. The zero-order valence-electron chi connectivity index (χ0n) is 19.1. The van der Waals surface area contributed by atoms with Crippen molar-refractivity contribution in [3.8, 4) is 11.8 Å². The van der Waals surface area contributed by atoms with Gasteiger partial charge in [0.05, 0.1) is 0 Å². The van der Waals surface area contributed by atoms with Gasteiger partial charge in [0, 0.05) is 17.5 Å². The second-order valence-electron chi connectivity index (χ2n) is 9.59. The molecule has 0 amide bonds. The van der Waals surface area contributed by atoms with Gasteiger partial charge in [0.25, 0.3) is 0 Å². The Hall–Kier alpha value is -1.67. The van der Waals surface area contributed by atoms with E-state index in [4.69, 9.17) is 4.43 Å². The fourth-order valence-corrected chi connectivity index (χ4v) is 3.38. The number of carbonyl (C=O) groups is 1. The van der Waals surface area contributed by atoms with E-state index in [-0.39, 0.29) is 16.6 Å². The summed E-state index contributed by atoms with van der Waals surface area (Å²) < 4.78 is 6.08. The molecule has 4 heteroatoms. The number of benzene rings is 1. The Morgan fingerprint density at radius 1 is 1.14 bits per heavy atom. The summed E-state index contributed by atoms with van der Waals surface area (Å²) in [7, 11) is 0.535. The third kappa shape index (κ3) is 8.56. The molecule has 1 aromatic rings. The number of rotatable bonds is 7. The average molecular weight is 400 g/mol. The summed E-state index contributed by atoms with van der Waals surface area (Å²) in [6, 6.07) is 7.91. The maximum absolute atomic E-state index is 13.1. The zero-order valence-corrected chi connectivity index (χ0v) is 20.2. The first-order chi connectivity index (χ1) is 12.8. The molecule has 0 aliphatic carbocycles. The van der Waals surface area contributed by atoms with E-state index in [2.05, 4.69) is 66.5 Å². The summed E-state index contributed by atoms with van der Waals surface area (Å²) in [5.41, 5.74) is 1.96. The molecule has 3 nitrogen and oxygen atoms in total. The van der Waals surface area contributed by atoms with Crippen LogP contribution in [0, 0.1) is 17.3 Å². The van der Waals surface area contributed by atoms with Crippen molar-refractivity contribution in [1.82, 2.24) is 4.90 Å². The van der Waals surface area contributed by atoms with Crippen molar-refractivity contribution in [1.29, 1.82) is 0 Å². The van der Waals surface area contributed by atoms with E-state index < -0.39 is 15.3 Å². The minimum Gasteiger partial charge on any atom is -0.399 e. The maximum atomic E-state index is 13.1. The molecule has 0 saturated carbocycles. The lowest BCUT2D eigenvalue weighted by Crippen LogP contribution is -2.43. The van der Waals surface area contributed by atoms with Gasteiger partial charge in [-0.3, -0.25) is 9.69 Å². The Kier molecular flexibility index (Phi) is 8.88. The van der Waals surface area contributed by atoms with E-state index in [1.165, 1.54) is 5.56 Å². The summed E-state index contributed by atoms with van der Waals surface area (Å²) in [5, 5.41) is 0. The lowest BCUT2D eigenvalue weighted by molar-refractivity contribution is 0.0391. The summed E-state index contributed by atoms with van der Waals surface area (Å²) in [4.78, 5) is 15.1. The molecule has 0 spiro atoms. The molecule has 1 rings (SSSR count). The van der Waals surface area contributed by atoms with Gasteiger partial charge >= 0.3 is 0 Å². The second kappa shape index (κ2) is 10.2. The van der Waals surface area contributed by atoms with E-state index >= 15 is 0 Å². The highest BCUT2D eigenvalue weighted by atomic mass is 28.3. The SMILES string of the molecule is CN(CC=CC#CC(C)(C)C)C(O[SiH](C)C)C(=O)c1ccc(C(C)(C)C)cc1. The van der Waals surface area contributed by atoms with Crippen LogP contribution >= 0.6 is 0 Å². The van der Waals surface area contributed by atoms with E-state index in [1.807, 2.05) is 48.4 Å². The normalized spacial score (nSPS) is 13.7. The first kappa shape index (κ1) is 24.4. The van der Waals surface area contributed by atoms with Crippen LogP contribution in [-0.2, 0) is 9.84 Å². The first-order valence-electron chi connectivity index (χ1n) is 9.99. The molecule has 1 aromatic carbocycles. The molecular formula is C24H37NO2Si. The molecule has 0 aliphatic heterocycles. The molecule has 1 atom stereocenters. The predicted octanol–water partition coefficient (Wildman–Crippen LogP) is 5.03. The van der Waals surface area contributed by atoms with Gasteiger partial charge in [0.2, 0.25) is 5.78 Å². The van der Waals surface area contributed by atoms with Crippen LogP contribution in [0.2, 0.25) is 13.1 Å². The highest BCUT2D eigenvalue weighted by Crippen LogP contribution is 2.23. The van der Waals surface area contributed by atoms with Gasteiger partial charge in [-0.15, -0.1) is 0 Å². The van der Waals surface area contributed by atoms with Gasteiger partial charge in [0.15, 0.2) is 15.3 Å². The van der Waals surface area contributed by atoms with Crippen molar-refractivity contribution in [3.05, 3.63) is 47.5 Å². The number of nitrogens with zero attached hydrogens (tertiary/aromatic N) is 1. The monoisotopic (exact) mass is 399 g/mol. The van der Waals surface area contributed by atoms with E-state index in [9.17, 15) is 4.79 Å². The van der Waals surface area contributed by atoms with Crippen LogP contribution in [0.5, 0.6) is 0 Å². The Morgan fingerprint density at radius 3 is 2.18 bits per heavy atom. The van der Waals surface area contributed by atoms with Crippen LogP contribution in [0.15, 0.2) is 36.4 Å². The molecule has 0 aromatic heterocycles. The van der Waals surface area contributed by atoms with Gasteiger partial charge in [-0.2, -0.15) is 0 Å². The van der Waals surface area contributed by atoms with Crippen molar-refractivity contribution in [2.75, 3.05) is 13.6 Å². The lowest BCUT2D eigenvalue weighted by atomic mass is 9.86. The number of likely N-dealkylation sites (N-methyl/N-ethyl adjacent to an activating group) is 1. The number of ketones is 1. The molecule has 154 valence electrons. The van der Waals surface area contributed by atoms with Crippen molar-refractivity contribution in [2.45, 2.75) is 66.3 Å². The Labute approximate surface area is 173 Å². The van der Waals surface area contributed by atoms with Gasteiger partial charge in [-0.1, -0.05) is 63.0 Å². The van der Waals surface area contributed by atoms with Crippen LogP contribution in [0.3, 0.4) is 0 Å². The molecule has 0 radical (unpaired) electrons. The van der Waals surface area contributed by atoms with Crippen molar-refractivity contribution >= 4 is 14.8 Å². The Morgan fingerprint density at radius 2 is 1.71 bits per heavy atom. The van der Waals surface area contributed by atoms with Gasteiger partial charge < -0.3 is 4.43 Å². The van der Waals surface area contributed by atoms with Gasteiger partial charge in [-0.05, 0) is 58.0 Å². The largest absolute Gasteiger partial charge is 0.399 e. The molecule has 0 bridgehead atoms. The Balaban J connectivity index is 2.92. The smallest absolute Gasteiger partial charge is 0.205 e. The van der Waals surface area contributed by atoms with Gasteiger partial charge in [0.1, 0.15) is 0 Å². The molecular weight excluding hydrogens is 362 g/mol. The van der Waals surface area contributed by atoms with Crippen LogP contribution in [0.25, 0.3) is 0 Å². The van der Waals surface area contributed by atoms with Crippen LogP contribution < -0.4 is 0 Å². The topological polar surface area (TPSA) is 29.5 Å². The number of hydrogen-bond acceptors (Lipinski definition) is 3. The second-order valence-corrected chi connectivity index (χ2v) is 12.0.